The van der Waals surface area contributed by atoms with Gasteiger partial charge in [0.1, 0.15) is 11.4 Å². The summed E-state index contributed by atoms with van der Waals surface area (Å²) < 4.78 is 1.58. The summed E-state index contributed by atoms with van der Waals surface area (Å²) in [7, 11) is 0. The van der Waals surface area contributed by atoms with Crippen LogP contribution in [0.2, 0.25) is 0 Å². The minimum absolute atomic E-state index is 0.0315. The molecular formula is C15H14N2O4S. The van der Waals surface area contributed by atoms with Crippen LogP contribution in [0.1, 0.15) is 5.56 Å². The van der Waals surface area contributed by atoms with Crippen molar-refractivity contribution in [2.45, 2.75) is 11.4 Å². The van der Waals surface area contributed by atoms with Crippen LogP contribution in [0, 0.1) is 10.1 Å². The predicted molar refractivity (Wildman–Crippen MR) is 83.4 cm³/mol. The molecular weight excluding hydrogens is 304 g/mol. The molecule has 0 amide bonds. The van der Waals surface area contributed by atoms with Gasteiger partial charge in [0.2, 0.25) is 0 Å². The molecule has 2 rings (SSSR count). The summed E-state index contributed by atoms with van der Waals surface area (Å²) in [5.41, 5.74) is 0.908. The zero-order chi connectivity index (χ0) is 15.9. The Morgan fingerprint density at radius 2 is 1.77 bits per heavy atom. The molecule has 0 bridgehead atoms. The van der Waals surface area contributed by atoms with Crippen molar-refractivity contribution in [3.8, 4) is 0 Å². The molecule has 0 fully saturated rings. The van der Waals surface area contributed by atoms with E-state index in [1.807, 2.05) is 30.3 Å². The smallest absolute Gasteiger partial charge is 0.318 e. The lowest BCUT2D eigenvalue weighted by Crippen LogP contribution is -2.23. The molecule has 0 aliphatic heterocycles. The first-order chi connectivity index (χ1) is 10.6. The third-order valence-corrected chi connectivity index (χ3v) is 3.86. The van der Waals surface area contributed by atoms with Crippen LogP contribution in [0.3, 0.4) is 0 Å². The molecule has 0 aliphatic rings. The van der Waals surface area contributed by atoms with Gasteiger partial charge in [-0.25, -0.2) is 4.31 Å². The SMILES string of the molecule is O=C(O)CN(Cc1ccccc1)Sc1ccccc1[N+](=O)[O-]. The highest BCUT2D eigenvalue weighted by molar-refractivity contribution is 7.97. The Hall–Kier alpha value is -2.38. The van der Waals surface area contributed by atoms with Gasteiger partial charge in [0.15, 0.2) is 0 Å². The van der Waals surface area contributed by atoms with Crippen molar-refractivity contribution in [3.63, 3.8) is 0 Å². The molecule has 0 saturated heterocycles. The number of carbonyl (C=O) groups is 1. The van der Waals surface area contributed by atoms with Crippen LogP contribution >= 0.6 is 11.9 Å². The molecule has 0 spiro atoms. The Bertz CT molecular complexity index is 664. The minimum atomic E-state index is -0.984. The van der Waals surface area contributed by atoms with Crippen LogP contribution in [0.15, 0.2) is 59.5 Å². The lowest BCUT2D eigenvalue weighted by Gasteiger charge is -2.19. The molecule has 2 aromatic carbocycles. The lowest BCUT2D eigenvalue weighted by atomic mass is 10.2. The number of nitrogens with zero attached hydrogens (tertiary/aromatic N) is 2. The van der Waals surface area contributed by atoms with Gasteiger partial charge in [-0.2, -0.15) is 0 Å². The van der Waals surface area contributed by atoms with Gasteiger partial charge in [0.05, 0.1) is 4.92 Å². The Balaban J connectivity index is 2.20. The van der Waals surface area contributed by atoms with E-state index in [1.165, 1.54) is 6.07 Å². The van der Waals surface area contributed by atoms with Crippen molar-refractivity contribution in [3.05, 3.63) is 70.3 Å². The monoisotopic (exact) mass is 318 g/mol. The van der Waals surface area contributed by atoms with Gasteiger partial charge in [0.25, 0.3) is 5.69 Å². The molecule has 0 radical (unpaired) electrons. The number of benzene rings is 2. The number of rotatable bonds is 7. The molecule has 0 heterocycles. The van der Waals surface area contributed by atoms with E-state index >= 15 is 0 Å². The second-order valence-corrected chi connectivity index (χ2v) is 5.63. The topological polar surface area (TPSA) is 83.7 Å². The first-order valence-corrected chi connectivity index (χ1v) is 7.25. The third-order valence-electron chi connectivity index (χ3n) is 2.80. The molecule has 0 unspecified atom stereocenters. The zero-order valence-corrected chi connectivity index (χ0v) is 12.4. The normalized spacial score (nSPS) is 10.6. The fourth-order valence-corrected chi connectivity index (χ4v) is 2.92. The van der Waals surface area contributed by atoms with E-state index in [4.69, 9.17) is 5.11 Å². The van der Waals surface area contributed by atoms with Crippen molar-refractivity contribution in [2.24, 2.45) is 0 Å². The highest BCUT2D eigenvalue weighted by atomic mass is 32.2. The minimum Gasteiger partial charge on any atom is -0.480 e. The van der Waals surface area contributed by atoms with Crippen LogP contribution in [-0.4, -0.2) is 26.8 Å². The van der Waals surface area contributed by atoms with E-state index in [0.29, 0.717) is 11.4 Å². The highest BCUT2D eigenvalue weighted by Crippen LogP contribution is 2.32. The number of hydrogen-bond donors (Lipinski definition) is 1. The molecule has 7 heteroatoms. The maximum Gasteiger partial charge on any atom is 0.318 e. The van der Waals surface area contributed by atoms with Crippen molar-refractivity contribution < 1.29 is 14.8 Å². The molecule has 114 valence electrons. The van der Waals surface area contributed by atoms with Gasteiger partial charge in [-0.3, -0.25) is 14.9 Å². The van der Waals surface area contributed by atoms with Crippen LogP contribution in [-0.2, 0) is 11.3 Å². The van der Waals surface area contributed by atoms with Crippen molar-refractivity contribution >= 4 is 23.6 Å². The zero-order valence-electron chi connectivity index (χ0n) is 11.6. The predicted octanol–water partition coefficient (Wildman–Crippen LogP) is 3.19. The number of para-hydroxylation sites is 1. The second kappa shape index (κ2) is 7.58. The number of nitro groups is 1. The summed E-state index contributed by atoms with van der Waals surface area (Å²) in [5.74, 6) is -0.984. The van der Waals surface area contributed by atoms with Crippen molar-refractivity contribution in [1.29, 1.82) is 0 Å². The quantitative estimate of drug-likeness (QED) is 0.479. The maximum atomic E-state index is 11.0. The van der Waals surface area contributed by atoms with E-state index < -0.39 is 10.9 Å². The Kier molecular flexibility index (Phi) is 5.51. The van der Waals surface area contributed by atoms with Gasteiger partial charge in [-0.15, -0.1) is 0 Å². The first-order valence-electron chi connectivity index (χ1n) is 6.48. The van der Waals surface area contributed by atoms with Crippen molar-refractivity contribution in [2.75, 3.05) is 6.54 Å². The fraction of sp³-hybridized carbons (Fsp3) is 0.133. The average molecular weight is 318 g/mol. The van der Waals surface area contributed by atoms with Gasteiger partial charge in [0, 0.05) is 12.6 Å². The summed E-state index contributed by atoms with van der Waals surface area (Å²) in [6.45, 7) is 0.162. The van der Waals surface area contributed by atoms with E-state index in [2.05, 4.69) is 0 Å². The van der Waals surface area contributed by atoms with Crippen LogP contribution < -0.4 is 0 Å². The van der Waals surface area contributed by atoms with Gasteiger partial charge >= 0.3 is 5.97 Å². The van der Waals surface area contributed by atoms with Crippen LogP contribution in [0.25, 0.3) is 0 Å². The highest BCUT2D eigenvalue weighted by Gasteiger charge is 2.18. The summed E-state index contributed by atoms with van der Waals surface area (Å²) in [4.78, 5) is 22.0. The van der Waals surface area contributed by atoms with Crippen LogP contribution in [0.5, 0.6) is 0 Å². The van der Waals surface area contributed by atoms with E-state index in [0.717, 1.165) is 17.5 Å². The Morgan fingerprint density at radius 3 is 2.41 bits per heavy atom. The van der Waals surface area contributed by atoms with E-state index in [9.17, 15) is 14.9 Å². The summed E-state index contributed by atoms with van der Waals surface area (Å²) in [6, 6.07) is 15.7. The van der Waals surface area contributed by atoms with Crippen molar-refractivity contribution in [1.82, 2.24) is 4.31 Å². The number of nitro benzene ring substituents is 1. The maximum absolute atomic E-state index is 11.0. The van der Waals surface area contributed by atoms with Gasteiger partial charge in [-0.05, 0) is 23.6 Å². The van der Waals surface area contributed by atoms with Gasteiger partial charge in [-0.1, -0.05) is 42.5 Å². The summed E-state index contributed by atoms with van der Waals surface area (Å²) in [6.07, 6.45) is 0. The molecule has 0 aromatic heterocycles. The third kappa shape index (κ3) is 4.57. The summed E-state index contributed by atoms with van der Waals surface area (Å²) >= 11 is 1.08. The van der Waals surface area contributed by atoms with Gasteiger partial charge < -0.3 is 5.11 Å². The van der Waals surface area contributed by atoms with Crippen LogP contribution in [0.4, 0.5) is 5.69 Å². The Labute approximate surface area is 131 Å². The molecule has 1 N–H and O–H groups in total. The molecule has 22 heavy (non-hydrogen) atoms. The molecule has 0 aliphatic carbocycles. The molecule has 6 nitrogen and oxygen atoms in total. The molecule has 0 saturated carbocycles. The second-order valence-electron chi connectivity index (χ2n) is 4.49. The van der Waals surface area contributed by atoms with E-state index in [-0.39, 0.29) is 12.2 Å². The lowest BCUT2D eigenvalue weighted by molar-refractivity contribution is -0.387. The first kappa shape index (κ1) is 16.0. The fourth-order valence-electron chi connectivity index (χ4n) is 1.88. The number of aliphatic carboxylic acids is 1. The molecule has 0 atom stereocenters. The number of carboxylic acids is 1. The van der Waals surface area contributed by atoms with E-state index in [1.54, 1.807) is 22.5 Å². The standard InChI is InChI=1S/C15H14N2O4S/c18-15(19)11-16(10-12-6-2-1-3-7-12)22-14-9-5-4-8-13(14)17(20)21/h1-9H,10-11H2,(H,18,19). The average Bonchev–Trinajstić information content (AvgIpc) is 2.48. The number of carboxylic acid groups (broad SMARTS) is 1. The Morgan fingerprint density at radius 1 is 1.14 bits per heavy atom. The molecule has 2 aromatic rings. The largest absolute Gasteiger partial charge is 0.480 e. The number of hydrogen-bond acceptors (Lipinski definition) is 5. The summed E-state index contributed by atoms with van der Waals surface area (Å²) in [5, 5.41) is 20.1.